The second kappa shape index (κ2) is 6.44. The molecule has 1 fully saturated rings. The van der Waals surface area contributed by atoms with E-state index in [9.17, 15) is 18.0 Å². The van der Waals surface area contributed by atoms with Crippen LogP contribution < -0.4 is 0 Å². The number of rotatable bonds is 7. The van der Waals surface area contributed by atoms with E-state index < -0.39 is 12.8 Å². The topological polar surface area (TPSA) is 29.5 Å². The third-order valence-electron chi connectivity index (χ3n) is 2.36. The van der Waals surface area contributed by atoms with E-state index in [1.807, 2.05) is 0 Å². The van der Waals surface area contributed by atoms with Crippen LogP contribution in [0.3, 0.4) is 0 Å². The van der Waals surface area contributed by atoms with Gasteiger partial charge in [-0.1, -0.05) is 0 Å². The molecule has 1 amide bonds. The number of ether oxygens (including phenoxy) is 1. The van der Waals surface area contributed by atoms with Gasteiger partial charge in [-0.25, -0.2) is 0 Å². The predicted octanol–water partition coefficient (Wildman–Crippen LogP) is 2.19. The van der Waals surface area contributed by atoms with E-state index in [1.165, 1.54) is 0 Å². The van der Waals surface area contributed by atoms with Gasteiger partial charge in [0.05, 0.1) is 13.0 Å². The number of hydrogen-bond acceptors (Lipinski definition) is 2. The van der Waals surface area contributed by atoms with Gasteiger partial charge in [0.25, 0.3) is 0 Å². The molecular weight excluding hydrogens is 259 g/mol. The summed E-state index contributed by atoms with van der Waals surface area (Å²) in [7, 11) is 0. The minimum atomic E-state index is -4.34. The average molecular weight is 274 g/mol. The second-order valence-electron chi connectivity index (χ2n) is 3.93. The molecule has 0 aromatic rings. The first-order chi connectivity index (χ1) is 7.94. The fourth-order valence-electron chi connectivity index (χ4n) is 1.48. The standard InChI is InChI=1S/C10H15ClF3NO2/c11-4-5-15(8-1-2-8)9(16)3-6-17-7-10(12,13)14/h8H,1-7H2. The quantitative estimate of drug-likeness (QED) is 0.526. The molecule has 0 heterocycles. The van der Waals surface area contributed by atoms with Crippen molar-refractivity contribution in [1.29, 1.82) is 0 Å². The number of amides is 1. The molecule has 7 heteroatoms. The van der Waals surface area contributed by atoms with Crippen LogP contribution in [-0.2, 0) is 9.53 Å². The lowest BCUT2D eigenvalue weighted by Gasteiger charge is -2.21. The van der Waals surface area contributed by atoms with Crippen molar-refractivity contribution in [3.8, 4) is 0 Å². The van der Waals surface area contributed by atoms with Crippen molar-refractivity contribution in [3.05, 3.63) is 0 Å². The van der Waals surface area contributed by atoms with Crippen LogP contribution in [0.4, 0.5) is 13.2 Å². The summed E-state index contributed by atoms with van der Waals surface area (Å²) in [6.07, 6.45) is -2.46. The highest BCUT2D eigenvalue weighted by Gasteiger charge is 2.32. The SMILES string of the molecule is O=C(CCOCC(F)(F)F)N(CCCl)C1CC1. The van der Waals surface area contributed by atoms with Crippen LogP contribution in [0.25, 0.3) is 0 Å². The molecule has 0 spiro atoms. The average Bonchev–Trinajstić information content (AvgIpc) is 3.03. The number of carbonyl (C=O) groups excluding carboxylic acids is 1. The normalized spacial score (nSPS) is 16.0. The molecule has 1 saturated carbocycles. The van der Waals surface area contributed by atoms with Crippen LogP contribution in [0.15, 0.2) is 0 Å². The van der Waals surface area contributed by atoms with Crippen LogP contribution >= 0.6 is 11.6 Å². The third kappa shape index (κ3) is 6.12. The summed E-state index contributed by atoms with van der Waals surface area (Å²) >= 11 is 5.56. The van der Waals surface area contributed by atoms with Gasteiger partial charge in [0.1, 0.15) is 6.61 Å². The minimum Gasteiger partial charge on any atom is -0.372 e. The molecule has 1 rings (SSSR count). The summed E-state index contributed by atoms with van der Waals surface area (Å²) in [4.78, 5) is 13.3. The van der Waals surface area contributed by atoms with Crippen LogP contribution in [0.2, 0.25) is 0 Å². The van der Waals surface area contributed by atoms with Crippen LogP contribution in [0, 0.1) is 0 Å². The molecule has 0 aliphatic heterocycles. The summed E-state index contributed by atoms with van der Waals surface area (Å²) in [5.41, 5.74) is 0. The van der Waals surface area contributed by atoms with Crippen molar-refractivity contribution >= 4 is 17.5 Å². The molecule has 0 saturated heterocycles. The maximum absolute atomic E-state index is 11.8. The summed E-state index contributed by atoms with van der Waals surface area (Å²) < 4.78 is 39.7. The van der Waals surface area contributed by atoms with Crippen LogP contribution in [-0.4, -0.2) is 48.7 Å². The molecule has 0 bridgehead atoms. The Morgan fingerprint density at radius 3 is 2.53 bits per heavy atom. The Kier molecular flexibility index (Phi) is 5.52. The first-order valence-corrected chi connectivity index (χ1v) is 5.97. The van der Waals surface area contributed by atoms with Gasteiger partial charge in [-0.2, -0.15) is 13.2 Å². The summed E-state index contributed by atoms with van der Waals surface area (Å²) in [6, 6.07) is 0.226. The summed E-state index contributed by atoms with van der Waals surface area (Å²) in [5, 5.41) is 0. The number of carbonyl (C=O) groups is 1. The summed E-state index contributed by atoms with van der Waals surface area (Å²) in [6.45, 7) is -1.06. The van der Waals surface area contributed by atoms with Gasteiger partial charge >= 0.3 is 6.18 Å². The molecule has 3 nitrogen and oxygen atoms in total. The molecule has 0 aromatic heterocycles. The smallest absolute Gasteiger partial charge is 0.372 e. The van der Waals surface area contributed by atoms with E-state index in [2.05, 4.69) is 4.74 Å². The first kappa shape index (κ1) is 14.6. The lowest BCUT2D eigenvalue weighted by Crippen LogP contribution is -2.35. The van der Waals surface area contributed by atoms with Crippen molar-refractivity contribution in [2.24, 2.45) is 0 Å². The molecule has 100 valence electrons. The van der Waals surface area contributed by atoms with Crippen LogP contribution in [0.5, 0.6) is 0 Å². The van der Waals surface area contributed by atoms with Crippen molar-refractivity contribution in [1.82, 2.24) is 4.90 Å². The molecule has 17 heavy (non-hydrogen) atoms. The Morgan fingerprint density at radius 1 is 1.41 bits per heavy atom. The summed E-state index contributed by atoms with van der Waals surface area (Å²) in [5.74, 6) is 0.154. The van der Waals surface area contributed by atoms with Crippen molar-refractivity contribution in [2.45, 2.75) is 31.5 Å². The van der Waals surface area contributed by atoms with E-state index >= 15 is 0 Å². The molecule has 1 aliphatic rings. The fourth-order valence-corrected chi connectivity index (χ4v) is 1.66. The van der Waals surface area contributed by atoms with E-state index in [0.29, 0.717) is 12.4 Å². The molecule has 0 aromatic carbocycles. The van der Waals surface area contributed by atoms with E-state index in [4.69, 9.17) is 11.6 Å². The Labute approximate surface area is 103 Å². The Bertz CT molecular complexity index is 256. The molecule has 0 radical (unpaired) electrons. The zero-order chi connectivity index (χ0) is 12.9. The molecular formula is C10H15ClF3NO2. The minimum absolute atomic E-state index is 0.0243. The number of alkyl halides is 4. The maximum Gasteiger partial charge on any atom is 0.411 e. The molecule has 0 unspecified atom stereocenters. The highest BCUT2D eigenvalue weighted by atomic mass is 35.5. The van der Waals surface area contributed by atoms with Gasteiger partial charge in [-0.05, 0) is 12.8 Å². The van der Waals surface area contributed by atoms with Crippen LogP contribution in [0.1, 0.15) is 19.3 Å². The van der Waals surface area contributed by atoms with Gasteiger partial charge in [-0.15, -0.1) is 11.6 Å². The Morgan fingerprint density at radius 2 is 2.06 bits per heavy atom. The van der Waals surface area contributed by atoms with Gasteiger partial charge in [0.2, 0.25) is 5.91 Å². The lowest BCUT2D eigenvalue weighted by molar-refractivity contribution is -0.175. The zero-order valence-corrected chi connectivity index (χ0v) is 10.1. The van der Waals surface area contributed by atoms with Gasteiger partial charge < -0.3 is 9.64 Å². The van der Waals surface area contributed by atoms with Gasteiger partial charge in [-0.3, -0.25) is 4.79 Å². The van der Waals surface area contributed by atoms with Crippen molar-refractivity contribution in [3.63, 3.8) is 0 Å². The highest BCUT2D eigenvalue weighted by Crippen LogP contribution is 2.27. The maximum atomic E-state index is 11.8. The number of halogens is 4. The van der Waals surface area contributed by atoms with Crippen molar-refractivity contribution < 1.29 is 22.7 Å². The molecule has 1 aliphatic carbocycles. The molecule has 0 atom stereocenters. The fraction of sp³-hybridized carbons (Fsp3) is 0.900. The Hall–Kier alpha value is -0.490. The predicted molar refractivity (Wildman–Crippen MR) is 56.9 cm³/mol. The monoisotopic (exact) mass is 273 g/mol. The van der Waals surface area contributed by atoms with E-state index in [-0.39, 0.29) is 25.0 Å². The Balaban J connectivity index is 2.18. The number of hydrogen-bond donors (Lipinski definition) is 0. The third-order valence-corrected chi connectivity index (χ3v) is 2.53. The molecule has 0 N–H and O–H groups in total. The number of nitrogens with zero attached hydrogens (tertiary/aromatic N) is 1. The van der Waals surface area contributed by atoms with E-state index in [0.717, 1.165) is 12.8 Å². The van der Waals surface area contributed by atoms with Gasteiger partial charge in [0.15, 0.2) is 0 Å². The highest BCUT2D eigenvalue weighted by molar-refractivity contribution is 6.18. The van der Waals surface area contributed by atoms with E-state index in [1.54, 1.807) is 4.90 Å². The first-order valence-electron chi connectivity index (χ1n) is 5.44. The second-order valence-corrected chi connectivity index (χ2v) is 4.30. The van der Waals surface area contributed by atoms with Gasteiger partial charge in [0, 0.05) is 18.5 Å². The largest absolute Gasteiger partial charge is 0.411 e. The zero-order valence-electron chi connectivity index (χ0n) is 9.30. The van der Waals surface area contributed by atoms with Crippen molar-refractivity contribution in [2.75, 3.05) is 25.6 Å². The lowest BCUT2D eigenvalue weighted by atomic mass is 10.3.